The molecule has 2 aromatic carbocycles. The van der Waals surface area contributed by atoms with E-state index < -0.39 is 5.63 Å². The van der Waals surface area contributed by atoms with Gasteiger partial charge in [0.15, 0.2) is 5.13 Å². The van der Waals surface area contributed by atoms with Crippen LogP contribution in [0.2, 0.25) is 0 Å². The Labute approximate surface area is 172 Å². The van der Waals surface area contributed by atoms with Crippen molar-refractivity contribution in [3.63, 3.8) is 0 Å². The van der Waals surface area contributed by atoms with E-state index in [1.54, 1.807) is 7.11 Å². The standard InChI is InChI=1S/C22H21N3O3S/c1-4-25(2)15-10-9-14-11-16(21(26)28-20(14)12-15)18-13-29-22(24-18)23-17-7-5-6-8-19(17)27-3/h5-13H,4H2,1-3H3,(H,23,24). The zero-order valence-corrected chi connectivity index (χ0v) is 17.2. The number of fused-ring (bicyclic) bond motifs is 1. The molecule has 0 unspecified atom stereocenters. The average molecular weight is 407 g/mol. The zero-order valence-electron chi connectivity index (χ0n) is 16.4. The van der Waals surface area contributed by atoms with Crippen LogP contribution in [0.25, 0.3) is 22.2 Å². The summed E-state index contributed by atoms with van der Waals surface area (Å²) in [5.74, 6) is 0.724. The van der Waals surface area contributed by atoms with Gasteiger partial charge in [0.25, 0.3) is 0 Å². The van der Waals surface area contributed by atoms with Crippen LogP contribution in [0.1, 0.15) is 6.92 Å². The van der Waals surface area contributed by atoms with Gasteiger partial charge in [-0.05, 0) is 37.3 Å². The van der Waals surface area contributed by atoms with E-state index in [2.05, 4.69) is 22.1 Å². The molecule has 0 bridgehead atoms. The number of nitrogens with one attached hydrogen (secondary N) is 1. The molecule has 7 heteroatoms. The van der Waals surface area contributed by atoms with Crippen LogP contribution in [-0.2, 0) is 0 Å². The number of hydrogen-bond acceptors (Lipinski definition) is 7. The van der Waals surface area contributed by atoms with E-state index >= 15 is 0 Å². The first-order valence-corrected chi connectivity index (χ1v) is 10.1. The normalized spacial score (nSPS) is 10.9. The van der Waals surface area contributed by atoms with Gasteiger partial charge >= 0.3 is 5.63 Å². The Bertz CT molecular complexity index is 1220. The lowest BCUT2D eigenvalue weighted by atomic mass is 10.1. The maximum absolute atomic E-state index is 12.6. The number of thiazole rings is 1. The minimum atomic E-state index is -0.400. The lowest BCUT2D eigenvalue weighted by Crippen LogP contribution is -2.15. The number of methoxy groups -OCH3 is 1. The molecule has 0 fully saturated rings. The molecule has 2 aromatic heterocycles. The highest BCUT2D eigenvalue weighted by Crippen LogP contribution is 2.31. The number of rotatable bonds is 6. The smallest absolute Gasteiger partial charge is 0.345 e. The molecule has 1 N–H and O–H groups in total. The third kappa shape index (κ3) is 3.82. The minimum absolute atomic E-state index is 0.400. The summed E-state index contributed by atoms with van der Waals surface area (Å²) < 4.78 is 10.9. The van der Waals surface area contributed by atoms with Gasteiger partial charge in [-0.25, -0.2) is 9.78 Å². The molecule has 29 heavy (non-hydrogen) atoms. The maximum Gasteiger partial charge on any atom is 0.345 e. The van der Waals surface area contributed by atoms with Gasteiger partial charge < -0.3 is 19.4 Å². The number of anilines is 3. The molecular weight excluding hydrogens is 386 g/mol. The maximum atomic E-state index is 12.6. The number of hydrogen-bond donors (Lipinski definition) is 1. The Morgan fingerprint density at radius 3 is 2.83 bits per heavy atom. The van der Waals surface area contributed by atoms with Crippen molar-refractivity contribution < 1.29 is 9.15 Å². The van der Waals surface area contributed by atoms with Gasteiger partial charge in [-0.2, -0.15) is 0 Å². The predicted octanol–water partition coefficient (Wildman–Crippen LogP) is 5.12. The van der Waals surface area contributed by atoms with E-state index in [9.17, 15) is 4.79 Å². The Morgan fingerprint density at radius 2 is 2.03 bits per heavy atom. The average Bonchev–Trinajstić information content (AvgIpc) is 3.20. The van der Waals surface area contributed by atoms with Crippen molar-refractivity contribution in [2.24, 2.45) is 0 Å². The molecule has 0 saturated carbocycles. The molecule has 4 aromatic rings. The van der Waals surface area contributed by atoms with Gasteiger partial charge in [-0.3, -0.25) is 0 Å². The van der Waals surface area contributed by atoms with Gasteiger partial charge in [-0.15, -0.1) is 11.3 Å². The number of ether oxygens (including phenoxy) is 1. The summed E-state index contributed by atoms with van der Waals surface area (Å²) >= 11 is 1.42. The van der Waals surface area contributed by atoms with Gasteiger partial charge in [0.1, 0.15) is 11.3 Å². The van der Waals surface area contributed by atoms with Crippen LogP contribution < -0.4 is 20.6 Å². The molecule has 4 rings (SSSR count). The van der Waals surface area contributed by atoms with E-state index in [0.29, 0.717) is 22.0 Å². The molecule has 0 saturated heterocycles. The van der Waals surface area contributed by atoms with Gasteiger partial charge in [0.2, 0.25) is 0 Å². The second-order valence-corrected chi connectivity index (χ2v) is 7.41. The van der Waals surface area contributed by atoms with E-state index in [0.717, 1.165) is 29.1 Å². The molecule has 0 aliphatic carbocycles. The lowest BCUT2D eigenvalue weighted by molar-refractivity contribution is 0.417. The van der Waals surface area contributed by atoms with Crippen molar-refractivity contribution in [3.05, 3.63) is 64.3 Å². The molecule has 0 aliphatic rings. The highest BCUT2D eigenvalue weighted by Gasteiger charge is 2.13. The molecule has 0 atom stereocenters. The summed E-state index contributed by atoms with van der Waals surface area (Å²) in [5.41, 5.74) is 3.01. The summed E-state index contributed by atoms with van der Waals surface area (Å²) in [6.45, 7) is 2.94. The first-order chi connectivity index (χ1) is 14.1. The second kappa shape index (κ2) is 7.97. The monoisotopic (exact) mass is 407 g/mol. The Hall–Kier alpha value is -3.32. The molecule has 6 nitrogen and oxygen atoms in total. The number of nitrogens with zero attached hydrogens (tertiary/aromatic N) is 2. The van der Waals surface area contributed by atoms with Crippen molar-refractivity contribution in [2.45, 2.75) is 6.92 Å². The third-order valence-electron chi connectivity index (χ3n) is 4.76. The quantitative estimate of drug-likeness (QED) is 0.447. The van der Waals surface area contributed by atoms with Gasteiger partial charge in [0.05, 0.1) is 24.1 Å². The molecule has 148 valence electrons. The summed E-state index contributed by atoms with van der Waals surface area (Å²) in [7, 11) is 3.62. The van der Waals surface area contributed by atoms with E-state index in [1.807, 2.05) is 61.0 Å². The first kappa shape index (κ1) is 19.0. The van der Waals surface area contributed by atoms with Crippen molar-refractivity contribution in [1.29, 1.82) is 0 Å². The van der Waals surface area contributed by atoms with Crippen LogP contribution >= 0.6 is 11.3 Å². The van der Waals surface area contributed by atoms with Crippen LogP contribution in [0.15, 0.2) is 63.1 Å². The molecular formula is C22H21N3O3S. The fraction of sp³-hybridized carbons (Fsp3) is 0.182. The second-order valence-electron chi connectivity index (χ2n) is 6.55. The molecule has 0 amide bonds. The summed E-state index contributed by atoms with van der Waals surface area (Å²) in [6.07, 6.45) is 0. The predicted molar refractivity (Wildman–Crippen MR) is 119 cm³/mol. The minimum Gasteiger partial charge on any atom is -0.495 e. The number of benzene rings is 2. The Morgan fingerprint density at radius 1 is 1.21 bits per heavy atom. The Kier molecular flexibility index (Phi) is 5.22. The van der Waals surface area contributed by atoms with Gasteiger partial charge in [0, 0.05) is 36.1 Å². The largest absolute Gasteiger partial charge is 0.495 e. The fourth-order valence-electron chi connectivity index (χ4n) is 3.02. The van der Waals surface area contributed by atoms with Crippen LogP contribution in [0.3, 0.4) is 0 Å². The SMILES string of the molecule is CCN(C)c1ccc2cc(-c3csc(Nc4ccccc4OC)n3)c(=O)oc2c1. The van der Waals surface area contributed by atoms with Crippen molar-refractivity contribution in [2.75, 3.05) is 30.9 Å². The highest BCUT2D eigenvalue weighted by atomic mass is 32.1. The van der Waals surface area contributed by atoms with Gasteiger partial charge in [-0.1, -0.05) is 12.1 Å². The number of aromatic nitrogens is 1. The van der Waals surface area contributed by atoms with Crippen LogP contribution in [-0.4, -0.2) is 25.7 Å². The Balaban J connectivity index is 1.66. The summed E-state index contributed by atoms with van der Waals surface area (Å²) in [5, 5.41) is 6.61. The van der Waals surface area contributed by atoms with Crippen LogP contribution in [0.4, 0.5) is 16.5 Å². The van der Waals surface area contributed by atoms with E-state index in [1.165, 1.54) is 11.3 Å². The first-order valence-electron chi connectivity index (χ1n) is 9.24. The zero-order chi connectivity index (χ0) is 20.4. The fourth-order valence-corrected chi connectivity index (χ4v) is 3.74. The summed E-state index contributed by atoms with van der Waals surface area (Å²) in [4.78, 5) is 19.2. The highest BCUT2D eigenvalue weighted by molar-refractivity contribution is 7.14. The van der Waals surface area contributed by atoms with E-state index in [4.69, 9.17) is 9.15 Å². The van der Waals surface area contributed by atoms with Crippen molar-refractivity contribution >= 4 is 38.8 Å². The number of para-hydroxylation sites is 2. The molecule has 0 radical (unpaired) electrons. The topological polar surface area (TPSA) is 67.6 Å². The van der Waals surface area contributed by atoms with E-state index in [-0.39, 0.29) is 0 Å². The van der Waals surface area contributed by atoms with Crippen LogP contribution in [0.5, 0.6) is 5.75 Å². The third-order valence-corrected chi connectivity index (χ3v) is 5.52. The molecule has 0 spiro atoms. The lowest BCUT2D eigenvalue weighted by Gasteiger charge is -2.16. The summed E-state index contributed by atoms with van der Waals surface area (Å²) in [6, 6.07) is 15.3. The van der Waals surface area contributed by atoms with Crippen molar-refractivity contribution in [1.82, 2.24) is 4.98 Å². The van der Waals surface area contributed by atoms with Crippen LogP contribution in [0, 0.1) is 0 Å². The molecule has 2 heterocycles. The van der Waals surface area contributed by atoms with Crippen molar-refractivity contribution in [3.8, 4) is 17.0 Å². The molecule has 0 aliphatic heterocycles.